The number of ether oxygens (including phenoxy) is 3. The van der Waals surface area contributed by atoms with E-state index in [0.29, 0.717) is 74.3 Å². The molecule has 0 spiro atoms. The number of rotatable bonds is 10. The van der Waals surface area contributed by atoms with E-state index >= 15 is 0 Å². The SMILES string of the molecule is CCOc1cc(C(=O)Nc2ccccc2N2CCC(C(N)=O)CC2)cc(OCC)c1OCC. The summed E-state index contributed by atoms with van der Waals surface area (Å²) < 4.78 is 17.2. The lowest BCUT2D eigenvalue weighted by atomic mass is 9.96. The third kappa shape index (κ3) is 5.88. The summed E-state index contributed by atoms with van der Waals surface area (Å²) in [6, 6.07) is 11.0. The fourth-order valence-electron chi connectivity index (χ4n) is 3.97. The zero-order chi connectivity index (χ0) is 23.8. The number of hydrogen-bond donors (Lipinski definition) is 2. The van der Waals surface area contributed by atoms with Gasteiger partial charge in [0, 0.05) is 24.6 Å². The van der Waals surface area contributed by atoms with E-state index in [4.69, 9.17) is 19.9 Å². The number of nitrogens with one attached hydrogen (secondary N) is 1. The fraction of sp³-hybridized carbons (Fsp3) is 0.440. The number of nitrogens with two attached hydrogens (primary N) is 1. The molecule has 8 heteroatoms. The highest BCUT2D eigenvalue weighted by molar-refractivity contribution is 6.06. The number of carbonyl (C=O) groups is 2. The molecule has 178 valence electrons. The van der Waals surface area contributed by atoms with E-state index in [1.807, 2.05) is 45.0 Å². The van der Waals surface area contributed by atoms with Gasteiger partial charge in [-0.05, 0) is 57.9 Å². The maximum Gasteiger partial charge on any atom is 0.255 e. The number of benzene rings is 2. The van der Waals surface area contributed by atoms with Gasteiger partial charge in [0.15, 0.2) is 11.5 Å². The molecular formula is C25H33N3O5. The van der Waals surface area contributed by atoms with E-state index < -0.39 is 0 Å². The highest BCUT2D eigenvalue weighted by Crippen LogP contribution is 2.39. The quantitative estimate of drug-likeness (QED) is 0.564. The number of anilines is 2. The first-order valence-electron chi connectivity index (χ1n) is 11.5. The molecule has 33 heavy (non-hydrogen) atoms. The van der Waals surface area contributed by atoms with Crippen LogP contribution in [0.2, 0.25) is 0 Å². The summed E-state index contributed by atoms with van der Waals surface area (Å²) in [5.74, 6) is 0.812. The van der Waals surface area contributed by atoms with Crippen molar-refractivity contribution >= 4 is 23.2 Å². The van der Waals surface area contributed by atoms with Crippen molar-refractivity contribution in [2.24, 2.45) is 11.7 Å². The first-order chi connectivity index (χ1) is 16.0. The van der Waals surface area contributed by atoms with Crippen molar-refractivity contribution in [1.82, 2.24) is 0 Å². The van der Waals surface area contributed by atoms with Gasteiger partial charge in [0.25, 0.3) is 5.91 Å². The van der Waals surface area contributed by atoms with Crippen molar-refractivity contribution in [3.05, 3.63) is 42.0 Å². The largest absolute Gasteiger partial charge is 0.490 e. The summed E-state index contributed by atoms with van der Waals surface area (Å²) in [5, 5.41) is 3.02. The summed E-state index contributed by atoms with van der Waals surface area (Å²) in [4.78, 5) is 26.9. The van der Waals surface area contributed by atoms with Gasteiger partial charge in [-0.2, -0.15) is 0 Å². The van der Waals surface area contributed by atoms with E-state index in [9.17, 15) is 9.59 Å². The van der Waals surface area contributed by atoms with Crippen molar-refractivity contribution in [3.63, 3.8) is 0 Å². The van der Waals surface area contributed by atoms with Crippen LogP contribution < -0.4 is 30.2 Å². The van der Waals surface area contributed by atoms with Crippen molar-refractivity contribution < 1.29 is 23.8 Å². The summed E-state index contributed by atoms with van der Waals surface area (Å²) in [6.45, 7) is 8.35. The first kappa shape index (κ1) is 24.2. The molecule has 2 aromatic rings. The average molecular weight is 456 g/mol. The van der Waals surface area contributed by atoms with E-state index in [1.54, 1.807) is 12.1 Å². The third-order valence-electron chi connectivity index (χ3n) is 5.56. The Labute approximate surface area is 195 Å². The Bertz CT molecular complexity index is 943. The second-order valence-corrected chi connectivity index (χ2v) is 7.74. The molecule has 8 nitrogen and oxygen atoms in total. The second kappa shape index (κ2) is 11.4. The van der Waals surface area contributed by atoms with E-state index in [2.05, 4.69) is 10.2 Å². The number of hydrogen-bond acceptors (Lipinski definition) is 6. The first-order valence-corrected chi connectivity index (χ1v) is 11.5. The number of nitrogens with zero attached hydrogens (tertiary/aromatic N) is 1. The molecule has 1 fully saturated rings. The van der Waals surface area contributed by atoms with Crippen LogP contribution >= 0.6 is 0 Å². The van der Waals surface area contributed by atoms with Gasteiger partial charge in [-0.1, -0.05) is 12.1 Å². The van der Waals surface area contributed by atoms with Crippen LogP contribution in [0.5, 0.6) is 17.2 Å². The van der Waals surface area contributed by atoms with E-state index in [0.717, 1.165) is 5.69 Å². The molecule has 0 bridgehead atoms. The van der Waals surface area contributed by atoms with Crippen LogP contribution in [0.15, 0.2) is 36.4 Å². The molecule has 1 saturated heterocycles. The summed E-state index contributed by atoms with van der Waals surface area (Å²) in [7, 11) is 0. The van der Waals surface area contributed by atoms with Crippen LogP contribution in [0.25, 0.3) is 0 Å². The number of amides is 2. The monoisotopic (exact) mass is 455 g/mol. The van der Waals surface area contributed by atoms with Crippen LogP contribution in [0.3, 0.4) is 0 Å². The predicted octanol–water partition coefficient (Wildman–Crippen LogP) is 3.84. The van der Waals surface area contributed by atoms with Crippen molar-refractivity contribution in [2.75, 3.05) is 43.1 Å². The molecule has 0 unspecified atom stereocenters. The molecule has 1 aliphatic rings. The minimum absolute atomic E-state index is 0.0965. The topological polar surface area (TPSA) is 103 Å². The maximum atomic E-state index is 13.2. The smallest absolute Gasteiger partial charge is 0.255 e. The number of primary amides is 1. The third-order valence-corrected chi connectivity index (χ3v) is 5.56. The molecule has 1 aliphatic heterocycles. The van der Waals surface area contributed by atoms with Crippen molar-refractivity contribution in [1.29, 1.82) is 0 Å². The minimum Gasteiger partial charge on any atom is -0.490 e. The number of para-hydroxylation sites is 2. The molecule has 3 N–H and O–H groups in total. The number of piperidine rings is 1. The molecule has 1 heterocycles. The van der Waals surface area contributed by atoms with Gasteiger partial charge in [-0.25, -0.2) is 0 Å². The molecule has 0 atom stereocenters. The predicted molar refractivity (Wildman–Crippen MR) is 128 cm³/mol. The van der Waals surface area contributed by atoms with Crippen molar-refractivity contribution in [2.45, 2.75) is 33.6 Å². The van der Waals surface area contributed by atoms with Gasteiger partial charge >= 0.3 is 0 Å². The van der Waals surface area contributed by atoms with Gasteiger partial charge in [0.1, 0.15) is 0 Å². The highest BCUT2D eigenvalue weighted by Gasteiger charge is 2.25. The Morgan fingerprint density at radius 1 is 0.970 bits per heavy atom. The molecule has 0 saturated carbocycles. The fourth-order valence-corrected chi connectivity index (χ4v) is 3.97. The lowest BCUT2D eigenvalue weighted by Gasteiger charge is -2.33. The van der Waals surface area contributed by atoms with Gasteiger partial charge in [0.05, 0.1) is 31.2 Å². The lowest BCUT2D eigenvalue weighted by Crippen LogP contribution is -2.38. The Kier molecular flexibility index (Phi) is 8.40. The molecule has 3 rings (SSSR count). The van der Waals surface area contributed by atoms with Gasteiger partial charge < -0.3 is 30.2 Å². The van der Waals surface area contributed by atoms with Gasteiger partial charge in [-0.15, -0.1) is 0 Å². The Hall–Kier alpha value is -3.42. The summed E-state index contributed by atoms with van der Waals surface area (Å²) in [5.41, 5.74) is 7.49. The minimum atomic E-state index is -0.278. The zero-order valence-corrected chi connectivity index (χ0v) is 19.6. The summed E-state index contributed by atoms with van der Waals surface area (Å²) in [6.07, 6.45) is 1.40. The normalized spacial score (nSPS) is 14.0. The Morgan fingerprint density at radius 2 is 1.55 bits per heavy atom. The molecule has 2 aromatic carbocycles. The standard InChI is InChI=1S/C25H33N3O5/c1-4-31-21-15-18(16-22(32-5-2)23(21)33-6-3)25(30)27-19-9-7-8-10-20(19)28-13-11-17(12-14-28)24(26)29/h7-10,15-17H,4-6,11-14H2,1-3H3,(H2,26,29)(H,27,30). The van der Waals surface area contributed by atoms with Crippen LogP contribution in [-0.2, 0) is 4.79 Å². The number of carbonyl (C=O) groups excluding carboxylic acids is 2. The van der Waals surface area contributed by atoms with Gasteiger partial charge in [0.2, 0.25) is 11.7 Å². The van der Waals surface area contributed by atoms with E-state index in [-0.39, 0.29) is 17.7 Å². The molecule has 2 amide bonds. The van der Waals surface area contributed by atoms with Crippen LogP contribution in [0.4, 0.5) is 11.4 Å². The average Bonchev–Trinajstić information content (AvgIpc) is 2.81. The molecule has 0 radical (unpaired) electrons. The van der Waals surface area contributed by atoms with Crippen molar-refractivity contribution in [3.8, 4) is 17.2 Å². The zero-order valence-electron chi connectivity index (χ0n) is 19.6. The molecule has 0 aliphatic carbocycles. The van der Waals surface area contributed by atoms with Crippen LogP contribution in [0.1, 0.15) is 44.0 Å². The summed E-state index contributed by atoms with van der Waals surface area (Å²) >= 11 is 0. The van der Waals surface area contributed by atoms with Gasteiger partial charge in [-0.3, -0.25) is 9.59 Å². The molecule has 0 aromatic heterocycles. The highest BCUT2D eigenvalue weighted by atomic mass is 16.5. The second-order valence-electron chi connectivity index (χ2n) is 7.74. The van der Waals surface area contributed by atoms with E-state index in [1.165, 1.54) is 0 Å². The maximum absolute atomic E-state index is 13.2. The Balaban J connectivity index is 1.85. The van der Waals surface area contributed by atoms with Crippen LogP contribution in [-0.4, -0.2) is 44.7 Å². The Morgan fingerprint density at radius 3 is 2.09 bits per heavy atom. The molecular weight excluding hydrogens is 422 g/mol. The lowest BCUT2D eigenvalue weighted by molar-refractivity contribution is -0.122. The van der Waals surface area contributed by atoms with Crippen LogP contribution in [0, 0.1) is 5.92 Å².